The fourth-order valence-electron chi connectivity index (χ4n) is 2.42. The molecule has 5 heteroatoms. The monoisotopic (exact) mass is 300 g/mol. The SMILES string of the molecule is Cl.O=C(CCC1CCNC1)NCCc1ccccc1F. The Hall–Kier alpha value is -1.13. The first-order valence-corrected chi connectivity index (χ1v) is 6.96. The van der Waals surface area contributed by atoms with E-state index >= 15 is 0 Å². The average molecular weight is 301 g/mol. The first-order valence-electron chi connectivity index (χ1n) is 6.96. The van der Waals surface area contributed by atoms with E-state index in [1.807, 2.05) is 6.07 Å². The summed E-state index contributed by atoms with van der Waals surface area (Å²) < 4.78 is 13.3. The zero-order valence-electron chi connectivity index (χ0n) is 11.5. The van der Waals surface area contributed by atoms with Gasteiger partial charge in [-0.25, -0.2) is 4.39 Å². The first-order chi connectivity index (χ1) is 9.25. The molecule has 1 heterocycles. The Bertz CT molecular complexity index is 422. The Morgan fingerprint density at radius 3 is 2.90 bits per heavy atom. The van der Waals surface area contributed by atoms with Gasteiger partial charge in [-0.3, -0.25) is 4.79 Å². The lowest BCUT2D eigenvalue weighted by Crippen LogP contribution is -2.26. The Kier molecular flexibility index (Phi) is 7.55. The van der Waals surface area contributed by atoms with Crippen LogP contribution in [-0.4, -0.2) is 25.5 Å². The van der Waals surface area contributed by atoms with Crippen molar-refractivity contribution in [2.45, 2.75) is 25.7 Å². The van der Waals surface area contributed by atoms with Gasteiger partial charge >= 0.3 is 0 Å². The van der Waals surface area contributed by atoms with Gasteiger partial charge in [0, 0.05) is 13.0 Å². The number of nitrogens with one attached hydrogen (secondary N) is 2. The molecule has 0 saturated carbocycles. The fraction of sp³-hybridized carbons (Fsp3) is 0.533. The third kappa shape index (κ3) is 5.47. The van der Waals surface area contributed by atoms with Gasteiger partial charge in [-0.2, -0.15) is 0 Å². The van der Waals surface area contributed by atoms with Crippen LogP contribution >= 0.6 is 12.4 Å². The molecule has 0 bridgehead atoms. The number of rotatable bonds is 6. The first kappa shape index (κ1) is 16.9. The van der Waals surface area contributed by atoms with Gasteiger partial charge in [0.1, 0.15) is 5.82 Å². The van der Waals surface area contributed by atoms with Gasteiger partial charge in [0.05, 0.1) is 0 Å². The second-order valence-corrected chi connectivity index (χ2v) is 5.09. The van der Waals surface area contributed by atoms with Crippen molar-refractivity contribution in [1.29, 1.82) is 0 Å². The number of amides is 1. The summed E-state index contributed by atoms with van der Waals surface area (Å²) in [6, 6.07) is 6.69. The molecule has 1 fully saturated rings. The van der Waals surface area contributed by atoms with Crippen molar-refractivity contribution in [3.8, 4) is 0 Å². The minimum absolute atomic E-state index is 0. The number of carbonyl (C=O) groups excluding carboxylic acids is 1. The second-order valence-electron chi connectivity index (χ2n) is 5.09. The number of carbonyl (C=O) groups is 1. The van der Waals surface area contributed by atoms with Crippen LogP contribution in [0.25, 0.3) is 0 Å². The Morgan fingerprint density at radius 1 is 1.40 bits per heavy atom. The molecule has 1 saturated heterocycles. The van der Waals surface area contributed by atoms with E-state index in [9.17, 15) is 9.18 Å². The molecule has 1 aliphatic heterocycles. The van der Waals surface area contributed by atoms with Gasteiger partial charge in [0.25, 0.3) is 0 Å². The van der Waals surface area contributed by atoms with Crippen molar-refractivity contribution in [3.05, 3.63) is 35.6 Å². The van der Waals surface area contributed by atoms with E-state index in [2.05, 4.69) is 10.6 Å². The van der Waals surface area contributed by atoms with Gasteiger partial charge in [0.15, 0.2) is 0 Å². The molecule has 3 nitrogen and oxygen atoms in total. The van der Waals surface area contributed by atoms with E-state index in [-0.39, 0.29) is 24.1 Å². The largest absolute Gasteiger partial charge is 0.356 e. The summed E-state index contributed by atoms with van der Waals surface area (Å²) in [5.74, 6) is 0.509. The quantitative estimate of drug-likeness (QED) is 0.846. The number of halogens is 2. The maximum Gasteiger partial charge on any atom is 0.220 e. The summed E-state index contributed by atoms with van der Waals surface area (Å²) in [7, 11) is 0. The number of hydrogen-bond acceptors (Lipinski definition) is 2. The molecule has 0 aromatic heterocycles. The topological polar surface area (TPSA) is 41.1 Å². The molecule has 0 spiro atoms. The number of hydrogen-bond donors (Lipinski definition) is 2. The van der Waals surface area contributed by atoms with Crippen LogP contribution in [0, 0.1) is 11.7 Å². The van der Waals surface area contributed by atoms with Crippen LogP contribution in [0.3, 0.4) is 0 Å². The van der Waals surface area contributed by atoms with Crippen molar-refractivity contribution in [3.63, 3.8) is 0 Å². The molecule has 1 aromatic carbocycles. The van der Waals surface area contributed by atoms with E-state index < -0.39 is 0 Å². The third-order valence-electron chi connectivity index (χ3n) is 3.62. The highest BCUT2D eigenvalue weighted by molar-refractivity contribution is 5.85. The predicted octanol–water partition coefficient (Wildman–Crippen LogP) is 2.30. The molecule has 2 N–H and O–H groups in total. The number of benzene rings is 1. The summed E-state index contributed by atoms with van der Waals surface area (Å²) in [6.45, 7) is 2.60. The summed E-state index contributed by atoms with van der Waals surface area (Å²) in [4.78, 5) is 11.6. The van der Waals surface area contributed by atoms with Crippen LogP contribution in [0.5, 0.6) is 0 Å². The highest BCUT2D eigenvalue weighted by Gasteiger charge is 2.15. The lowest BCUT2D eigenvalue weighted by atomic mass is 10.0. The molecular weight excluding hydrogens is 279 g/mol. The van der Waals surface area contributed by atoms with E-state index in [1.165, 1.54) is 12.5 Å². The van der Waals surface area contributed by atoms with Gasteiger partial charge < -0.3 is 10.6 Å². The molecule has 1 unspecified atom stereocenters. The zero-order chi connectivity index (χ0) is 13.5. The fourth-order valence-corrected chi connectivity index (χ4v) is 2.42. The summed E-state index contributed by atoms with van der Waals surface area (Å²) in [6.07, 6.45) is 3.23. The minimum Gasteiger partial charge on any atom is -0.356 e. The predicted molar refractivity (Wildman–Crippen MR) is 80.6 cm³/mol. The van der Waals surface area contributed by atoms with Gasteiger partial charge in [-0.15, -0.1) is 12.4 Å². The Labute approximate surface area is 125 Å². The molecule has 20 heavy (non-hydrogen) atoms. The molecule has 2 rings (SSSR count). The highest BCUT2D eigenvalue weighted by atomic mass is 35.5. The third-order valence-corrected chi connectivity index (χ3v) is 3.62. The summed E-state index contributed by atoms with van der Waals surface area (Å²) in [5.41, 5.74) is 0.655. The smallest absolute Gasteiger partial charge is 0.220 e. The maximum atomic E-state index is 13.3. The molecule has 1 atom stereocenters. The van der Waals surface area contributed by atoms with E-state index in [0.29, 0.717) is 30.9 Å². The van der Waals surface area contributed by atoms with Crippen molar-refractivity contribution in [2.75, 3.05) is 19.6 Å². The molecule has 0 radical (unpaired) electrons. The molecular formula is C15H22ClFN2O. The lowest BCUT2D eigenvalue weighted by molar-refractivity contribution is -0.121. The van der Waals surface area contributed by atoms with Crippen LogP contribution in [0.1, 0.15) is 24.8 Å². The molecule has 112 valence electrons. The van der Waals surface area contributed by atoms with Crippen LogP contribution in [0.4, 0.5) is 4.39 Å². The normalized spacial score (nSPS) is 17.6. The van der Waals surface area contributed by atoms with E-state index in [0.717, 1.165) is 19.5 Å². The zero-order valence-corrected chi connectivity index (χ0v) is 12.3. The van der Waals surface area contributed by atoms with Crippen LogP contribution < -0.4 is 10.6 Å². The standard InChI is InChI=1S/C15H21FN2O.ClH/c16-14-4-2-1-3-13(14)8-10-18-15(19)6-5-12-7-9-17-11-12;/h1-4,12,17H,5-11H2,(H,18,19);1H. The Morgan fingerprint density at radius 2 is 2.20 bits per heavy atom. The van der Waals surface area contributed by atoms with Crippen LogP contribution in [0.2, 0.25) is 0 Å². The summed E-state index contributed by atoms with van der Waals surface area (Å²) >= 11 is 0. The van der Waals surface area contributed by atoms with Crippen molar-refractivity contribution in [1.82, 2.24) is 10.6 Å². The van der Waals surface area contributed by atoms with Gasteiger partial charge in [-0.1, -0.05) is 18.2 Å². The maximum absolute atomic E-state index is 13.3. The van der Waals surface area contributed by atoms with E-state index in [1.54, 1.807) is 12.1 Å². The minimum atomic E-state index is -0.200. The van der Waals surface area contributed by atoms with Crippen molar-refractivity contribution < 1.29 is 9.18 Å². The van der Waals surface area contributed by atoms with Crippen LogP contribution in [-0.2, 0) is 11.2 Å². The van der Waals surface area contributed by atoms with Crippen LogP contribution in [0.15, 0.2) is 24.3 Å². The summed E-state index contributed by atoms with van der Waals surface area (Å²) in [5, 5.41) is 6.15. The van der Waals surface area contributed by atoms with Gasteiger partial charge in [0.2, 0.25) is 5.91 Å². The second kappa shape index (κ2) is 8.93. The molecule has 1 aromatic rings. The Balaban J connectivity index is 0.00000200. The van der Waals surface area contributed by atoms with E-state index in [4.69, 9.17) is 0 Å². The van der Waals surface area contributed by atoms with Crippen molar-refractivity contribution in [2.24, 2.45) is 5.92 Å². The van der Waals surface area contributed by atoms with Gasteiger partial charge in [-0.05, 0) is 49.9 Å². The lowest BCUT2D eigenvalue weighted by Gasteiger charge is -2.09. The van der Waals surface area contributed by atoms with Crippen molar-refractivity contribution >= 4 is 18.3 Å². The molecule has 1 aliphatic rings. The highest BCUT2D eigenvalue weighted by Crippen LogP contribution is 2.14. The average Bonchev–Trinajstić information content (AvgIpc) is 2.92. The molecule has 1 amide bonds. The molecule has 0 aliphatic carbocycles.